The van der Waals surface area contributed by atoms with E-state index in [9.17, 15) is 0 Å². The second kappa shape index (κ2) is 13.6. The van der Waals surface area contributed by atoms with Crippen LogP contribution in [0, 0.1) is 5.92 Å². The van der Waals surface area contributed by atoms with Crippen molar-refractivity contribution in [3.8, 4) is 0 Å². The molecule has 0 saturated carbocycles. The van der Waals surface area contributed by atoms with E-state index in [1.165, 1.54) is 87.3 Å². The van der Waals surface area contributed by atoms with Crippen molar-refractivity contribution in [3.05, 3.63) is 20.8 Å². The molecule has 2 heteroatoms. The SMILES string of the molecule is CCCCCCCCC(CCCCCC)Cc1ccc(Br)s1. The molecule has 0 aliphatic carbocycles. The van der Waals surface area contributed by atoms with Crippen molar-refractivity contribution in [2.45, 2.75) is 97.3 Å². The predicted molar refractivity (Wildman–Crippen MR) is 106 cm³/mol. The van der Waals surface area contributed by atoms with Gasteiger partial charge in [-0.1, -0.05) is 90.9 Å². The number of rotatable bonds is 14. The first-order valence-corrected chi connectivity index (χ1v) is 11.1. The molecule has 0 radical (unpaired) electrons. The van der Waals surface area contributed by atoms with Crippen LogP contribution in [0.3, 0.4) is 0 Å². The number of hydrogen-bond donors (Lipinski definition) is 0. The molecule has 0 spiro atoms. The van der Waals surface area contributed by atoms with Gasteiger partial charge in [0.25, 0.3) is 0 Å². The van der Waals surface area contributed by atoms with E-state index in [0.717, 1.165) is 5.92 Å². The molecule has 128 valence electrons. The molecule has 0 aliphatic heterocycles. The van der Waals surface area contributed by atoms with Gasteiger partial charge in [0.15, 0.2) is 0 Å². The molecule has 0 bridgehead atoms. The molecule has 1 rings (SSSR count). The van der Waals surface area contributed by atoms with Crippen LogP contribution in [0.1, 0.15) is 95.8 Å². The molecule has 22 heavy (non-hydrogen) atoms. The highest BCUT2D eigenvalue weighted by Gasteiger charge is 2.11. The van der Waals surface area contributed by atoms with Crippen molar-refractivity contribution >= 4 is 27.3 Å². The maximum atomic E-state index is 3.60. The van der Waals surface area contributed by atoms with E-state index < -0.39 is 0 Å². The molecule has 0 N–H and O–H groups in total. The third-order valence-electron chi connectivity index (χ3n) is 4.55. The molecule has 0 amide bonds. The normalized spacial score (nSPS) is 12.7. The summed E-state index contributed by atoms with van der Waals surface area (Å²) in [6.45, 7) is 4.60. The smallest absolute Gasteiger partial charge is 0.0701 e. The van der Waals surface area contributed by atoms with Crippen molar-refractivity contribution in [2.75, 3.05) is 0 Å². The van der Waals surface area contributed by atoms with Gasteiger partial charge in [0, 0.05) is 4.88 Å². The Balaban J connectivity index is 2.27. The summed E-state index contributed by atoms with van der Waals surface area (Å²) in [5.41, 5.74) is 0. The zero-order chi connectivity index (χ0) is 16.0. The van der Waals surface area contributed by atoms with Gasteiger partial charge in [-0.2, -0.15) is 0 Å². The Morgan fingerprint density at radius 1 is 0.818 bits per heavy atom. The van der Waals surface area contributed by atoms with Crippen LogP contribution in [0.2, 0.25) is 0 Å². The van der Waals surface area contributed by atoms with E-state index in [1.807, 2.05) is 11.3 Å². The van der Waals surface area contributed by atoms with Crippen molar-refractivity contribution in [2.24, 2.45) is 5.92 Å². The summed E-state index contributed by atoms with van der Waals surface area (Å²) in [5, 5.41) is 0. The number of hydrogen-bond acceptors (Lipinski definition) is 1. The van der Waals surface area contributed by atoms with E-state index in [4.69, 9.17) is 0 Å². The van der Waals surface area contributed by atoms with Gasteiger partial charge in [0.2, 0.25) is 0 Å². The molecular weight excluding hydrogens is 352 g/mol. The van der Waals surface area contributed by atoms with Crippen LogP contribution in [-0.2, 0) is 6.42 Å². The quantitative estimate of drug-likeness (QED) is 0.281. The Bertz CT molecular complexity index is 358. The van der Waals surface area contributed by atoms with Crippen LogP contribution in [0.25, 0.3) is 0 Å². The Kier molecular flexibility index (Phi) is 12.5. The lowest BCUT2D eigenvalue weighted by Gasteiger charge is -2.16. The number of thiophene rings is 1. The molecule has 0 saturated heterocycles. The molecule has 0 aliphatic rings. The molecule has 1 heterocycles. The monoisotopic (exact) mass is 386 g/mol. The summed E-state index contributed by atoms with van der Waals surface area (Å²) in [5.74, 6) is 0.911. The van der Waals surface area contributed by atoms with Gasteiger partial charge < -0.3 is 0 Å². The lowest BCUT2D eigenvalue weighted by molar-refractivity contribution is 0.404. The summed E-state index contributed by atoms with van der Waals surface area (Å²) in [6, 6.07) is 4.52. The van der Waals surface area contributed by atoms with Crippen LogP contribution >= 0.6 is 27.3 Å². The van der Waals surface area contributed by atoms with Gasteiger partial charge in [-0.15, -0.1) is 11.3 Å². The fourth-order valence-electron chi connectivity index (χ4n) is 3.17. The maximum absolute atomic E-state index is 3.60. The molecule has 1 aromatic heterocycles. The topological polar surface area (TPSA) is 0 Å². The second-order valence-corrected chi connectivity index (χ2v) is 9.23. The predicted octanol–water partition coefficient (Wildman–Crippen LogP) is 8.39. The first kappa shape index (κ1) is 20.2. The van der Waals surface area contributed by atoms with Gasteiger partial charge in [0.1, 0.15) is 0 Å². The average molecular weight is 387 g/mol. The molecule has 0 nitrogen and oxygen atoms in total. The third kappa shape index (κ3) is 10.0. The van der Waals surface area contributed by atoms with Gasteiger partial charge in [-0.25, -0.2) is 0 Å². The van der Waals surface area contributed by atoms with E-state index in [0.29, 0.717) is 0 Å². The minimum absolute atomic E-state index is 0.911. The van der Waals surface area contributed by atoms with Crippen LogP contribution in [0.15, 0.2) is 15.9 Å². The summed E-state index contributed by atoms with van der Waals surface area (Å²) in [4.78, 5) is 1.57. The van der Waals surface area contributed by atoms with Crippen LogP contribution in [0.5, 0.6) is 0 Å². The standard InChI is InChI=1S/C20H35BrS/c1-3-5-7-9-10-12-14-18(13-11-8-6-4-2)17-19-15-16-20(21)22-19/h15-16,18H,3-14,17H2,1-2H3. The lowest BCUT2D eigenvalue weighted by Crippen LogP contribution is -2.04. The third-order valence-corrected chi connectivity index (χ3v) is 6.20. The van der Waals surface area contributed by atoms with Crippen LogP contribution in [0.4, 0.5) is 0 Å². The summed E-state index contributed by atoms with van der Waals surface area (Å²) in [6.07, 6.45) is 18.3. The summed E-state index contributed by atoms with van der Waals surface area (Å²) in [7, 11) is 0. The molecule has 1 atom stereocenters. The Morgan fingerprint density at radius 2 is 1.36 bits per heavy atom. The van der Waals surface area contributed by atoms with Crippen molar-refractivity contribution in [3.63, 3.8) is 0 Å². The van der Waals surface area contributed by atoms with Gasteiger partial charge in [-0.3, -0.25) is 0 Å². The minimum Gasteiger partial charge on any atom is -0.133 e. The molecule has 1 unspecified atom stereocenters. The first-order chi connectivity index (χ1) is 10.8. The fourth-order valence-corrected chi connectivity index (χ4v) is 4.77. The molecule has 1 aromatic rings. The summed E-state index contributed by atoms with van der Waals surface area (Å²) < 4.78 is 1.28. The highest BCUT2D eigenvalue weighted by atomic mass is 79.9. The number of halogens is 1. The largest absolute Gasteiger partial charge is 0.133 e. The Hall–Kier alpha value is 0.180. The number of unbranched alkanes of at least 4 members (excludes halogenated alkanes) is 8. The van der Waals surface area contributed by atoms with E-state index in [-0.39, 0.29) is 0 Å². The zero-order valence-electron chi connectivity index (χ0n) is 14.7. The van der Waals surface area contributed by atoms with Crippen molar-refractivity contribution < 1.29 is 0 Å². The molecule has 0 aromatic carbocycles. The molecular formula is C20H35BrS. The van der Waals surface area contributed by atoms with E-state index >= 15 is 0 Å². The van der Waals surface area contributed by atoms with E-state index in [1.54, 1.807) is 4.88 Å². The van der Waals surface area contributed by atoms with Crippen LogP contribution < -0.4 is 0 Å². The highest BCUT2D eigenvalue weighted by Crippen LogP contribution is 2.28. The summed E-state index contributed by atoms with van der Waals surface area (Å²) >= 11 is 5.53. The van der Waals surface area contributed by atoms with Crippen molar-refractivity contribution in [1.82, 2.24) is 0 Å². The first-order valence-electron chi connectivity index (χ1n) is 9.50. The maximum Gasteiger partial charge on any atom is 0.0701 e. The lowest BCUT2D eigenvalue weighted by atomic mass is 9.91. The van der Waals surface area contributed by atoms with Gasteiger partial charge in [-0.05, 0) is 40.4 Å². The second-order valence-electron chi connectivity index (χ2n) is 6.68. The highest BCUT2D eigenvalue weighted by molar-refractivity contribution is 9.11. The Morgan fingerprint density at radius 3 is 1.91 bits per heavy atom. The fraction of sp³-hybridized carbons (Fsp3) is 0.800. The Labute approximate surface area is 151 Å². The minimum atomic E-state index is 0.911. The van der Waals surface area contributed by atoms with E-state index in [2.05, 4.69) is 41.9 Å². The molecule has 0 fully saturated rings. The zero-order valence-corrected chi connectivity index (χ0v) is 17.1. The van der Waals surface area contributed by atoms with Crippen molar-refractivity contribution in [1.29, 1.82) is 0 Å². The average Bonchev–Trinajstić information content (AvgIpc) is 2.92. The van der Waals surface area contributed by atoms with Crippen LogP contribution in [-0.4, -0.2) is 0 Å². The van der Waals surface area contributed by atoms with Gasteiger partial charge in [0.05, 0.1) is 3.79 Å². The van der Waals surface area contributed by atoms with Gasteiger partial charge >= 0.3 is 0 Å².